The molecule has 0 N–H and O–H groups in total. The van der Waals surface area contributed by atoms with Gasteiger partial charge in [0.25, 0.3) is 0 Å². The first-order valence-corrected chi connectivity index (χ1v) is 7.76. The van der Waals surface area contributed by atoms with Gasteiger partial charge in [-0.3, -0.25) is 14.4 Å². The summed E-state index contributed by atoms with van der Waals surface area (Å²) < 4.78 is 7.23. The van der Waals surface area contributed by atoms with Gasteiger partial charge in [-0.05, 0) is 32.2 Å². The molecule has 21 heavy (non-hydrogen) atoms. The number of hydrogen-bond donors (Lipinski definition) is 0. The van der Waals surface area contributed by atoms with Crippen LogP contribution in [0.3, 0.4) is 0 Å². The van der Waals surface area contributed by atoms with E-state index in [9.17, 15) is 4.79 Å². The van der Waals surface area contributed by atoms with Crippen molar-refractivity contribution >= 4 is 11.6 Å². The van der Waals surface area contributed by atoms with Crippen LogP contribution in [-0.2, 0) is 16.6 Å². The van der Waals surface area contributed by atoms with E-state index in [1.165, 1.54) is 0 Å². The maximum Gasteiger partial charge on any atom is 0.244 e. The zero-order chi connectivity index (χ0) is 14.8. The van der Waals surface area contributed by atoms with Gasteiger partial charge in [-0.25, -0.2) is 0 Å². The minimum Gasteiger partial charge on any atom is -0.380 e. The van der Waals surface area contributed by atoms with Gasteiger partial charge in [-0.2, -0.15) is 5.10 Å². The average molecular weight is 292 g/mol. The highest BCUT2D eigenvalue weighted by molar-refractivity contribution is 5.97. The van der Waals surface area contributed by atoms with Crippen LogP contribution >= 0.6 is 0 Å². The summed E-state index contributed by atoms with van der Waals surface area (Å²) in [6.07, 6.45) is 8.14. The van der Waals surface area contributed by atoms with Gasteiger partial charge in [-0.1, -0.05) is 0 Å². The minimum atomic E-state index is -0.00286. The normalized spacial score (nSPS) is 28.1. The molecule has 3 heterocycles. The Morgan fingerprint density at radius 2 is 2.10 bits per heavy atom. The van der Waals surface area contributed by atoms with Crippen molar-refractivity contribution in [2.75, 3.05) is 31.6 Å². The molecule has 0 bridgehead atoms. The van der Waals surface area contributed by atoms with Crippen molar-refractivity contribution in [3.05, 3.63) is 12.4 Å². The van der Waals surface area contributed by atoms with Crippen LogP contribution in [0.4, 0.5) is 5.69 Å². The highest BCUT2D eigenvalue weighted by Gasteiger charge is 2.36. The summed E-state index contributed by atoms with van der Waals surface area (Å²) in [5.74, 6) is 0.214. The van der Waals surface area contributed by atoms with Crippen LogP contribution in [0.1, 0.15) is 25.7 Å². The van der Waals surface area contributed by atoms with E-state index in [1.54, 1.807) is 18.0 Å². The van der Waals surface area contributed by atoms with Crippen LogP contribution in [0.5, 0.6) is 0 Å². The topological polar surface area (TPSA) is 50.6 Å². The molecule has 1 aromatic rings. The lowest BCUT2D eigenvalue weighted by Gasteiger charge is -2.41. The van der Waals surface area contributed by atoms with Crippen molar-refractivity contribution in [2.24, 2.45) is 7.05 Å². The van der Waals surface area contributed by atoms with Crippen molar-refractivity contribution in [3.8, 4) is 0 Å². The Hall–Kier alpha value is -1.40. The summed E-state index contributed by atoms with van der Waals surface area (Å²) in [6, 6.07) is -0.00286. The van der Waals surface area contributed by atoms with Crippen LogP contribution in [0.25, 0.3) is 0 Å². The van der Waals surface area contributed by atoms with E-state index in [4.69, 9.17) is 4.74 Å². The van der Waals surface area contributed by atoms with Gasteiger partial charge in [0.15, 0.2) is 0 Å². The van der Waals surface area contributed by atoms with Crippen LogP contribution in [0, 0.1) is 0 Å². The summed E-state index contributed by atoms with van der Waals surface area (Å²) >= 11 is 0. The fourth-order valence-electron chi connectivity index (χ4n) is 3.44. The number of carbonyl (C=O) groups is 1. The largest absolute Gasteiger partial charge is 0.380 e. The number of ether oxygens (including phenoxy) is 1. The number of likely N-dealkylation sites (tertiary alicyclic amines) is 1. The second-order valence-electron chi connectivity index (χ2n) is 6.01. The first-order valence-electron chi connectivity index (χ1n) is 7.76. The second kappa shape index (κ2) is 6.15. The number of aromatic nitrogens is 2. The van der Waals surface area contributed by atoms with Crippen molar-refractivity contribution < 1.29 is 9.53 Å². The average Bonchev–Trinajstić information content (AvgIpc) is 2.94. The van der Waals surface area contributed by atoms with Crippen LogP contribution in [-0.4, -0.2) is 59.5 Å². The van der Waals surface area contributed by atoms with Crippen molar-refractivity contribution in [1.29, 1.82) is 0 Å². The summed E-state index contributed by atoms with van der Waals surface area (Å²) in [5.41, 5.74) is 0.910. The molecule has 0 aromatic carbocycles. The lowest BCUT2D eigenvalue weighted by atomic mass is 9.98. The number of amides is 1. The molecule has 6 heteroatoms. The Morgan fingerprint density at radius 1 is 1.29 bits per heavy atom. The number of rotatable bonds is 3. The van der Waals surface area contributed by atoms with E-state index in [1.807, 2.05) is 18.1 Å². The van der Waals surface area contributed by atoms with Gasteiger partial charge < -0.3 is 9.64 Å². The molecule has 1 aromatic heterocycles. The van der Waals surface area contributed by atoms with E-state index in [0.29, 0.717) is 0 Å². The minimum absolute atomic E-state index is 0.00286. The first kappa shape index (κ1) is 14.5. The molecule has 2 atom stereocenters. The molecule has 2 unspecified atom stereocenters. The van der Waals surface area contributed by atoms with Crippen molar-refractivity contribution in [3.63, 3.8) is 0 Å². The van der Waals surface area contributed by atoms with E-state index in [0.717, 1.165) is 51.0 Å². The summed E-state index contributed by atoms with van der Waals surface area (Å²) in [4.78, 5) is 17.0. The monoisotopic (exact) mass is 292 g/mol. The molecule has 0 radical (unpaired) electrons. The Balaban J connectivity index is 1.72. The predicted octanol–water partition coefficient (Wildman–Crippen LogP) is 1.03. The molecule has 2 aliphatic heterocycles. The zero-order valence-corrected chi connectivity index (χ0v) is 12.9. The van der Waals surface area contributed by atoms with E-state index in [2.05, 4.69) is 10.00 Å². The molecule has 2 fully saturated rings. The summed E-state index contributed by atoms with van der Waals surface area (Å²) in [7, 11) is 3.64. The molecular formula is C15H24N4O2. The lowest BCUT2D eigenvalue weighted by molar-refractivity contribution is -0.127. The number of anilines is 1. The van der Waals surface area contributed by atoms with E-state index < -0.39 is 0 Å². The van der Waals surface area contributed by atoms with Gasteiger partial charge >= 0.3 is 0 Å². The molecule has 2 saturated heterocycles. The fraction of sp³-hybridized carbons (Fsp3) is 0.733. The van der Waals surface area contributed by atoms with Crippen LogP contribution in [0.15, 0.2) is 12.4 Å². The van der Waals surface area contributed by atoms with Gasteiger partial charge in [0.1, 0.15) is 0 Å². The Bertz CT molecular complexity index is 502. The number of methoxy groups -OCH3 is 1. The SMILES string of the molecule is COC1CCCN(C2CCCN(c3cnn(C)c3)C2=O)C1. The van der Waals surface area contributed by atoms with Crippen molar-refractivity contribution in [1.82, 2.24) is 14.7 Å². The molecule has 0 saturated carbocycles. The van der Waals surface area contributed by atoms with E-state index in [-0.39, 0.29) is 18.1 Å². The maximum absolute atomic E-state index is 12.8. The molecule has 3 rings (SSSR count). The van der Waals surface area contributed by atoms with Crippen molar-refractivity contribution in [2.45, 2.75) is 37.8 Å². The van der Waals surface area contributed by atoms with Crippen LogP contribution in [0.2, 0.25) is 0 Å². The number of hydrogen-bond acceptors (Lipinski definition) is 4. The van der Waals surface area contributed by atoms with Gasteiger partial charge in [0.05, 0.1) is 24.0 Å². The number of nitrogens with zero attached hydrogens (tertiary/aromatic N) is 4. The highest BCUT2D eigenvalue weighted by Crippen LogP contribution is 2.25. The maximum atomic E-state index is 12.8. The summed E-state index contributed by atoms with van der Waals surface area (Å²) in [6.45, 7) is 2.66. The third kappa shape index (κ3) is 2.96. The third-order valence-corrected chi connectivity index (χ3v) is 4.60. The Labute approximate surface area is 125 Å². The molecule has 0 spiro atoms. The molecule has 6 nitrogen and oxygen atoms in total. The Kier molecular flexibility index (Phi) is 4.26. The van der Waals surface area contributed by atoms with Crippen LogP contribution < -0.4 is 4.90 Å². The Morgan fingerprint density at radius 3 is 2.81 bits per heavy atom. The second-order valence-corrected chi connectivity index (χ2v) is 6.01. The number of carbonyl (C=O) groups excluding carboxylic acids is 1. The quantitative estimate of drug-likeness (QED) is 0.835. The smallest absolute Gasteiger partial charge is 0.244 e. The highest BCUT2D eigenvalue weighted by atomic mass is 16.5. The fourth-order valence-corrected chi connectivity index (χ4v) is 3.44. The molecular weight excluding hydrogens is 268 g/mol. The molecule has 0 aliphatic carbocycles. The standard InChI is InChI=1S/C15H24N4O2/c1-17-10-12(9-16-17)19-8-4-6-14(15(19)20)18-7-3-5-13(11-18)21-2/h9-10,13-14H,3-8,11H2,1-2H3. The summed E-state index contributed by atoms with van der Waals surface area (Å²) in [5, 5.41) is 4.18. The number of piperidine rings is 2. The van der Waals surface area contributed by atoms with Gasteiger partial charge in [0.2, 0.25) is 5.91 Å². The first-order chi connectivity index (χ1) is 10.2. The molecule has 116 valence electrons. The zero-order valence-electron chi connectivity index (χ0n) is 12.9. The van der Waals surface area contributed by atoms with Gasteiger partial charge in [0, 0.05) is 33.4 Å². The predicted molar refractivity (Wildman–Crippen MR) is 80.2 cm³/mol. The third-order valence-electron chi connectivity index (χ3n) is 4.60. The van der Waals surface area contributed by atoms with Gasteiger partial charge in [-0.15, -0.1) is 0 Å². The lowest BCUT2D eigenvalue weighted by Crippen LogP contribution is -2.55. The molecule has 1 amide bonds. The molecule has 2 aliphatic rings. The van der Waals surface area contributed by atoms with E-state index >= 15 is 0 Å². The number of aryl methyl sites for hydroxylation is 1.